The van der Waals surface area contributed by atoms with Crippen LogP contribution in [0.25, 0.3) is 22.2 Å². The Labute approximate surface area is 195 Å². The Morgan fingerprint density at radius 2 is 1.91 bits per heavy atom. The van der Waals surface area contributed by atoms with Crippen LogP contribution in [0.1, 0.15) is 23.2 Å². The fraction of sp³-hybridized carbons (Fsp3) is 0.423. The number of nitrogens with one attached hydrogen (secondary N) is 2. The predicted molar refractivity (Wildman–Crippen MR) is 131 cm³/mol. The van der Waals surface area contributed by atoms with Crippen molar-refractivity contribution in [1.29, 1.82) is 0 Å². The molecule has 0 spiro atoms. The van der Waals surface area contributed by atoms with E-state index in [-0.39, 0.29) is 5.91 Å². The summed E-state index contributed by atoms with van der Waals surface area (Å²) in [5, 5.41) is 4.68. The van der Waals surface area contributed by atoms with Gasteiger partial charge >= 0.3 is 0 Å². The summed E-state index contributed by atoms with van der Waals surface area (Å²) in [5.41, 5.74) is 4.78. The average Bonchev–Trinajstić information content (AvgIpc) is 3.29. The molecule has 0 saturated carbocycles. The van der Waals surface area contributed by atoms with Crippen LogP contribution in [0, 0.1) is 0 Å². The summed E-state index contributed by atoms with van der Waals surface area (Å²) < 4.78 is 16.0. The fourth-order valence-corrected chi connectivity index (χ4v) is 4.08. The van der Waals surface area contributed by atoms with Gasteiger partial charge < -0.3 is 29.4 Å². The lowest BCUT2D eigenvalue weighted by molar-refractivity contribution is 0.0531. The maximum absolute atomic E-state index is 13.2. The number of amides is 1. The maximum atomic E-state index is 13.2. The Hall–Kier alpha value is -2.87. The molecule has 1 aromatic heterocycles. The summed E-state index contributed by atoms with van der Waals surface area (Å²) in [4.78, 5) is 18.5. The number of hydrogen-bond donors (Lipinski definition) is 2. The lowest BCUT2D eigenvalue weighted by atomic mass is 10.1. The maximum Gasteiger partial charge on any atom is 0.253 e. The van der Waals surface area contributed by atoms with E-state index in [1.165, 1.54) is 0 Å². The molecule has 0 bridgehead atoms. The second-order valence-electron chi connectivity index (χ2n) is 8.40. The van der Waals surface area contributed by atoms with Gasteiger partial charge in [0.15, 0.2) is 0 Å². The topological polar surface area (TPSA) is 75.8 Å². The van der Waals surface area contributed by atoms with Gasteiger partial charge in [-0.1, -0.05) is 30.3 Å². The van der Waals surface area contributed by atoms with E-state index in [0.29, 0.717) is 38.0 Å². The minimum Gasteiger partial charge on any atom is -0.382 e. The molecule has 2 heterocycles. The third-order valence-corrected chi connectivity index (χ3v) is 5.99. The molecule has 4 rings (SSSR count). The molecule has 1 aliphatic heterocycles. The van der Waals surface area contributed by atoms with Crippen molar-refractivity contribution in [2.24, 2.45) is 0 Å². The van der Waals surface area contributed by atoms with Gasteiger partial charge in [-0.2, -0.15) is 0 Å². The van der Waals surface area contributed by atoms with Crippen LogP contribution in [0.2, 0.25) is 0 Å². The number of rotatable bonds is 10. The molecule has 1 saturated heterocycles. The first-order valence-corrected chi connectivity index (χ1v) is 11.5. The van der Waals surface area contributed by atoms with E-state index in [4.69, 9.17) is 14.2 Å². The van der Waals surface area contributed by atoms with Gasteiger partial charge in [0.05, 0.1) is 31.0 Å². The first-order chi connectivity index (χ1) is 16.2. The Morgan fingerprint density at radius 1 is 1.12 bits per heavy atom. The third kappa shape index (κ3) is 5.93. The van der Waals surface area contributed by atoms with Crippen LogP contribution in [0.5, 0.6) is 0 Å². The van der Waals surface area contributed by atoms with Crippen molar-refractivity contribution in [2.45, 2.75) is 18.9 Å². The zero-order valence-corrected chi connectivity index (χ0v) is 19.4. The first kappa shape index (κ1) is 23.3. The SMILES string of the molecule is COCCOCCN(C)C(=O)c1cc(NC2CCOCC2)c2[nH]c(-c3ccccc3)cc2c1. The number of carbonyl (C=O) groups excluding carboxylic acids is 1. The van der Waals surface area contributed by atoms with E-state index in [2.05, 4.69) is 28.5 Å². The van der Waals surface area contributed by atoms with Crippen molar-refractivity contribution in [3.63, 3.8) is 0 Å². The molecule has 2 aromatic carbocycles. The number of carbonyl (C=O) groups is 1. The molecule has 0 radical (unpaired) electrons. The van der Waals surface area contributed by atoms with Crippen LogP contribution in [-0.2, 0) is 14.2 Å². The Balaban J connectivity index is 1.59. The first-order valence-electron chi connectivity index (χ1n) is 11.5. The number of aromatic amines is 1. The van der Waals surface area contributed by atoms with Gasteiger partial charge in [0, 0.05) is 56.6 Å². The van der Waals surface area contributed by atoms with Crippen LogP contribution in [0.15, 0.2) is 48.5 Å². The van der Waals surface area contributed by atoms with Crippen LogP contribution in [-0.4, -0.2) is 75.6 Å². The Kier molecular flexibility index (Phi) is 7.99. The lowest BCUT2D eigenvalue weighted by Crippen LogP contribution is -2.31. The molecule has 7 nitrogen and oxygen atoms in total. The van der Waals surface area contributed by atoms with Gasteiger partial charge in [-0.3, -0.25) is 4.79 Å². The highest BCUT2D eigenvalue weighted by molar-refractivity contribution is 6.03. The van der Waals surface area contributed by atoms with E-state index < -0.39 is 0 Å². The molecule has 1 amide bonds. The summed E-state index contributed by atoms with van der Waals surface area (Å²) in [7, 11) is 3.45. The van der Waals surface area contributed by atoms with Crippen LogP contribution >= 0.6 is 0 Å². The third-order valence-electron chi connectivity index (χ3n) is 5.99. The Morgan fingerprint density at radius 3 is 2.67 bits per heavy atom. The summed E-state index contributed by atoms with van der Waals surface area (Å²) in [6.45, 7) is 3.58. The number of aromatic nitrogens is 1. The molecule has 0 atom stereocenters. The zero-order chi connectivity index (χ0) is 23.0. The molecule has 1 aliphatic rings. The molecule has 176 valence electrons. The van der Waals surface area contributed by atoms with Crippen molar-refractivity contribution in [1.82, 2.24) is 9.88 Å². The van der Waals surface area contributed by atoms with Gasteiger partial charge in [-0.25, -0.2) is 0 Å². The van der Waals surface area contributed by atoms with E-state index >= 15 is 0 Å². The number of nitrogens with zero attached hydrogens (tertiary/aromatic N) is 1. The van der Waals surface area contributed by atoms with Crippen molar-refractivity contribution in [3.8, 4) is 11.3 Å². The van der Waals surface area contributed by atoms with Gasteiger partial charge in [-0.15, -0.1) is 0 Å². The monoisotopic (exact) mass is 451 g/mol. The molecule has 2 N–H and O–H groups in total. The van der Waals surface area contributed by atoms with Crippen LogP contribution in [0.4, 0.5) is 5.69 Å². The lowest BCUT2D eigenvalue weighted by Gasteiger charge is -2.25. The minimum atomic E-state index is -0.0234. The molecule has 0 aliphatic carbocycles. The predicted octanol–water partition coefficient (Wildman–Crippen LogP) is 4.16. The van der Waals surface area contributed by atoms with Crippen molar-refractivity contribution in [3.05, 3.63) is 54.1 Å². The molecule has 33 heavy (non-hydrogen) atoms. The van der Waals surface area contributed by atoms with Gasteiger partial charge in [0.25, 0.3) is 5.91 Å². The molecule has 7 heteroatoms. The Bertz CT molecular complexity index is 1040. The van der Waals surface area contributed by atoms with E-state index in [0.717, 1.165) is 53.9 Å². The number of H-pyrrole nitrogens is 1. The number of hydrogen-bond acceptors (Lipinski definition) is 5. The smallest absolute Gasteiger partial charge is 0.253 e. The van der Waals surface area contributed by atoms with Crippen molar-refractivity contribution in [2.75, 3.05) is 59.1 Å². The highest BCUT2D eigenvalue weighted by Gasteiger charge is 2.19. The number of benzene rings is 2. The van der Waals surface area contributed by atoms with Gasteiger partial charge in [0.2, 0.25) is 0 Å². The minimum absolute atomic E-state index is 0.0234. The zero-order valence-electron chi connectivity index (χ0n) is 19.4. The summed E-state index contributed by atoms with van der Waals surface area (Å²) in [6, 6.07) is 16.6. The van der Waals surface area contributed by atoms with Crippen LogP contribution < -0.4 is 5.32 Å². The van der Waals surface area contributed by atoms with E-state index in [1.807, 2.05) is 37.4 Å². The van der Waals surface area contributed by atoms with Crippen LogP contribution in [0.3, 0.4) is 0 Å². The molecule has 1 fully saturated rings. The number of likely N-dealkylation sites (N-methyl/N-ethyl adjacent to an activating group) is 1. The van der Waals surface area contributed by atoms with Crippen molar-refractivity contribution < 1.29 is 19.0 Å². The van der Waals surface area contributed by atoms with Crippen molar-refractivity contribution >= 4 is 22.5 Å². The number of anilines is 1. The summed E-state index contributed by atoms with van der Waals surface area (Å²) in [6.07, 6.45) is 1.90. The average molecular weight is 452 g/mol. The molecular weight excluding hydrogens is 418 g/mol. The van der Waals surface area contributed by atoms with E-state index in [9.17, 15) is 4.79 Å². The largest absolute Gasteiger partial charge is 0.382 e. The second kappa shape index (κ2) is 11.3. The molecule has 3 aromatic rings. The standard InChI is InChI=1S/C26H33N3O4/c1-29(10-13-33-15-14-31-2)26(30)21-16-20-17-23(19-6-4-3-5-7-19)28-25(20)24(18-21)27-22-8-11-32-12-9-22/h3-7,16-18,22,27-28H,8-15H2,1-2H3. The highest BCUT2D eigenvalue weighted by atomic mass is 16.5. The van der Waals surface area contributed by atoms with Gasteiger partial charge in [0.1, 0.15) is 0 Å². The fourth-order valence-electron chi connectivity index (χ4n) is 4.08. The quantitative estimate of drug-likeness (QED) is 0.453. The normalized spacial score (nSPS) is 14.5. The number of fused-ring (bicyclic) bond motifs is 1. The number of ether oxygens (including phenoxy) is 3. The summed E-state index contributed by atoms with van der Waals surface area (Å²) in [5.74, 6) is -0.0234. The van der Waals surface area contributed by atoms with Gasteiger partial charge in [-0.05, 0) is 36.6 Å². The molecular formula is C26H33N3O4. The summed E-state index contributed by atoms with van der Waals surface area (Å²) >= 11 is 0. The van der Waals surface area contributed by atoms with E-state index in [1.54, 1.807) is 12.0 Å². The second-order valence-corrected chi connectivity index (χ2v) is 8.40. The molecule has 0 unspecified atom stereocenters. The highest BCUT2D eigenvalue weighted by Crippen LogP contribution is 2.32. The number of methoxy groups -OCH3 is 1.